The van der Waals surface area contributed by atoms with Crippen molar-refractivity contribution in [3.05, 3.63) is 83.6 Å². The number of nitrogens with one attached hydrogen (secondary N) is 1. The van der Waals surface area contributed by atoms with Gasteiger partial charge < -0.3 is 14.8 Å². The third kappa shape index (κ3) is 6.05. The quantitative estimate of drug-likeness (QED) is 0.570. The predicted molar refractivity (Wildman–Crippen MR) is 108 cm³/mol. The number of ether oxygens (including phenoxy) is 2. The molecule has 1 amide bonds. The number of carbonyl (C=O) groups is 2. The predicted octanol–water partition coefficient (Wildman–Crippen LogP) is 4.71. The first kappa shape index (κ1) is 20.4. The molecule has 0 aliphatic carbocycles. The Kier molecular flexibility index (Phi) is 6.81. The summed E-state index contributed by atoms with van der Waals surface area (Å²) in [6, 6.07) is 20.7. The van der Waals surface area contributed by atoms with Crippen LogP contribution in [0.3, 0.4) is 0 Å². The zero-order valence-electron chi connectivity index (χ0n) is 15.2. The van der Waals surface area contributed by atoms with Gasteiger partial charge in [0.15, 0.2) is 13.2 Å². The Bertz CT molecular complexity index is 993. The lowest BCUT2D eigenvalue weighted by Gasteiger charge is -2.09. The van der Waals surface area contributed by atoms with Crippen molar-refractivity contribution in [2.45, 2.75) is 0 Å². The fourth-order valence-corrected chi connectivity index (χ4v) is 2.70. The maximum absolute atomic E-state index is 13.0. The summed E-state index contributed by atoms with van der Waals surface area (Å²) in [7, 11) is 0. The summed E-state index contributed by atoms with van der Waals surface area (Å²) < 4.78 is 23.2. The Hall–Kier alpha value is -3.38. The van der Waals surface area contributed by atoms with Crippen molar-refractivity contribution in [1.29, 1.82) is 0 Å². The SMILES string of the molecule is O=C(COC(=O)COc1ccc(-c2ccccc2)cc1)Nc1ccc(F)cc1Cl. The van der Waals surface area contributed by atoms with Crippen LogP contribution < -0.4 is 10.1 Å². The van der Waals surface area contributed by atoms with Gasteiger partial charge in [0.2, 0.25) is 0 Å². The monoisotopic (exact) mass is 413 g/mol. The maximum atomic E-state index is 13.0. The normalized spacial score (nSPS) is 10.3. The van der Waals surface area contributed by atoms with Gasteiger partial charge in [-0.15, -0.1) is 0 Å². The smallest absolute Gasteiger partial charge is 0.344 e. The number of halogens is 2. The Balaban J connectivity index is 1.43. The molecule has 1 N–H and O–H groups in total. The van der Waals surface area contributed by atoms with Gasteiger partial charge in [-0.2, -0.15) is 0 Å². The van der Waals surface area contributed by atoms with E-state index in [-0.39, 0.29) is 17.3 Å². The number of hydrogen-bond acceptors (Lipinski definition) is 4. The van der Waals surface area contributed by atoms with E-state index in [9.17, 15) is 14.0 Å². The number of benzene rings is 3. The summed E-state index contributed by atoms with van der Waals surface area (Å²) in [5, 5.41) is 2.48. The van der Waals surface area contributed by atoms with Gasteiger partial charge in [-0.3, -0.25) is 4.79 Å². The molecule has 0 aromatic heterocycles. The van der Waals surface area contributed by atoms with Crippen LogP contribution in [0.25, 0.3) is 11.1 Å². The number of carbonyl (C=O) groups excluding carboxylic acids is 2. The topological polar surface area (TPSA) is 64.6 Å². The molecule has 0 aliphatic heterocycles. The van der Waals surface area contributed by atoms with Crippen LogP contribution in [0.15, 0.2) is 72.8 Å². The Morgan fingerprint density at radius 3 is 2.28 bits per heavy atom. The highest BCUT2D eigenvalue weighted by Gasteiger charge is 2.11. The molecular weight excluding hydrogens is 397 g/mol. The van der Waals surface area contributed by atoms with Crippen LogP contribution in [-0.2, 0) is 14.3 Å². The fourth-order valence-electron chi connectivity index (χ4n) is 2.48. The summed E-state index contributed by atoms with van der Waals surface area (Å²) in [6.07, 6.45) is 0. The van der Waals surface area contributed by atoms with Gasteiger partial charge in [0.25, 0.3) is 5.91 Å². The van der Waals surface area contributed by atoms with E-state index in [1.807, 2.05) is 42.5 Å². The van der Waals surface area contributed by atoms with E-state index in [0.29, 0.717) is 5.75 Å². The molecular formula is C22H17ClFNO4. The standard InChI is InChI=1S/C22H17ClFNO4/c23-19-12-17(24)8-11-20(19)25-21(26)13-29-22(27)14-28-18-9-6-16(7-10-18)15-4-2-1-3-5-15/h1-12H,13-14H2,(H,25,26). The lowest BCUT2D eigenvalue weighted by molar-refractivity contribution is -0.149. The molecule has 7 heteroatoms. The van der Waals surface area contributed by atoms with E-state index in [0.717, 1.165) is 23.3 Å². The molecule has 29 heavy (non-hydrogen) atoms. The third-order valence-corrected chi connectivity index (χ3v) is 4.20. The molecule has 0 saturated carbocycles. The molecule has 0 saturated heterocycles. The van der Waals surface area contributed by atoms with Crippen molar-refractivity contribution in [2.24, 2.45) is 0 Å². The Morgan fingerprint density at radius 1 is 0.897 bits per heavy atom. The molecule has 0 fully saturated rings. The first-order valence-electron chi connectivity index (χ1n) is 8.70. The van der Waals surface area contributed by atoms with Gasteiger partial charge in [0.1, 0.15) is 11.6 Å². The largest absolute Gasteiger partial charge is 0.482 e. The van der Waals surface area contributed by atoms with Gasteiger partial charge in [-0.05, 0) is 41.5 Å². The van der Waals surface area contributed by atoms with Crippen LogP contribution in [0.4, 0.5) is 10.1 Å². The molecule has 5 nitrogen and oxygen atoms in total. The molecule has 0 radical (unpaired) electrons. The zero-order valence-corrected chi connectivity index (χ0v) is 16.0. The lowest BCUT2D eigenvalue weighted by atomic mass is 10.1. The number of hydrogen-bond donors (Lipinski definition) is 1. The van der Waals surface area contributed by atoms with Crippen molar-refractivity contribution >= 4 is 29.2 Å². The molecule has 3 aromatic rings. The molecule has 0 unspecified atom stereocenters. The van der Waals surface area contributed by atoms with Crippen LogP contribution in [0.5, 0.6) is 5.75 Å². The molecule has 0 bridgehead atoms. The van der Waals surface area contributed by atoms with E-state index < -0.39 is 24.3 Å². The van der Waals surface area contributed by atoms with Crippen molar-refractivity contribution in [2.75, 3.05) is 18.5 Å². The van der Waals surface area contributed by atoms with E-state index in [4.69, 9.17) is 21.1 Å². The molecule has 0 aliphatic rings. The summed E-state index contributed by atoms with van der Waals surface area (Å²) in [4.78, 5) is 23.6. The van der Waals surface area contributed by atoms with Crippen LogP contribution >= 0.6 is 11.6 Å². The minimum Gasteiger partial charge on any atom is -0.482 e. The van der Waals surface area contributed by atoms with E-state index in [1.165, 1.54) is 6.07 Å². The van der Waals surface area contributed by atoms with Crippen molar-refractivity contribution in [1.82, 2.24) is 0 Å². The third-order valence-electron chi connectivity index (χ3n) is 3.89. The average molecular weight is 414 g/mol. The van der Waals surface area contributed by atoms with Crippen molar-refractivity contribution < 1.29 is 23.5 Å². The van der Waals surface area contributed by atoms with Crippen molar-refractivity contribution in [3.63, 3.8) is 0 Å². The van der Waals surface area contributed by atoms with Gasteiger partial charge >= 0.3 is 5.97 Å². The first-order valence-corrected chi connectivity index (χ1v) is 9.08. The minimum absolute atomic E-state index is 0.0481. The second-order valence-electron chi connectivity index (χ2n) is 6.01. The highest BCUT2D eigenvalue weighted by molar-refractivity contribution is 6.33. The second kappa shape index (κ2) is 9.71. The first-order chi connectivity index (χ1) is 14.0. The van der Waals surface area contributed by atoms with E-state index in [1.54, 1.807) is 12.1 Å². The van der Waals surface area contributed by atoms with Crippen molar-refractivity contribution in [3.8, 4) is 16.9 Å². The Labute approximate surface area is 172 Å². The second-order valence-corrected chi connectivity index (χ2v) is 6.42. The Morgan fingerprint density at radius 2 is 1.59 bits per heavy atom. The number of anilines is 1. The van der Waals surface area contributed by atoms with E-state index >= 15 is 0 Å². The van der Waals surface area contributed by atoms with Gasteiger partial charge in [-0.1, -0.05) is 54.1 Å². The van der Waals surface area contributed by atoms with Crippen LogP contribution in [-0.4, -0.2) is 25.1 Å². The van der Waals surface area contributed by atoms with Gasteiger partial charge in [0, 0.05) is 0 Å². The average Bonchev–Trinajstić information content (AvgIpc) is 2.74. The lowest BCUT2D eigenvalue weighted by Crippen LogP contribution is -2.23. The van der Waals surface area contributed by atoms with Gasteiger partial charge in [-0.25, -0.2) is 9.18 Å². The molecule has 148 valence electrons. The number of esters is 1. The molecule has 3 aromatic carbocycles. The molecule has 0 atom stereocenters. The summed E-state index contributed by atoms with van der Waals surface area (Å²) >= 11 is 5.82. The highest BCUT2D eigenvalue weighted by atomic mass is 35.5. The van der Waals surface area contributed by atoms with Gasteiger partial charge in [0.05, 0.1) is 10.7 Å². The molecule has 3 rings (SSSR count). The highest BCUT2D eigenvalue weighted by Crippen LogP contribution is 2.23. The van der Waals surface area contributed by atoms with E-state index in [2.05, 4.69) is 5.32 Å². The molecule has 0 spiro atoms. The summed E-state index contributed by atoms with van der Waals surface area (Å²) in [6.45, 7) is -0.849. The summed E-state index contributed by atoms with van der Waals surface area (Å²) in [5.41, 5.74) is 2.33. The number of amides is 1. The zero-order chi connectivity index (χ0) is 20.6. The van der Waals surface area contributed by atoms with Crippen LogP contribution in [0, 0.1) is 5.82 Å². The molecule has 0 heterocycles. The summed E-state index contributed by atoms with van der Waals surface area (Å²) in [5.74, 6) is -1.31. The number of rotatable bonds is 7. The van der Waals surface area contributed by atoms with Crippen LogP contribution in [0.1, 0.15) is 0 Å². The minimum atomic E-state index is -0.697. The van der Waals surface area contributed by atoms with Crippen LogP contribution in [0.2, 0.25) is 5.02 Å². The maximum Gasteiger partial charge on any atom is 0.344 e. The fraction of sp³-hybridized carbons (Fsp3) is 0.0909.